The van der Waals surface area contributed by atoms with Crippen molar-refractivity contribution in [3.05, 3.63) is 11.7 Å². The van der Waals surface area contributed by atoms with Crippen LogP contribution in [0.1, 0.15) is 18.1 Å². The number of aromatic nitrogens is 2. The summed E-state index contributed by atoms with van der Waals surface area (Å²) in [6, 6.07) is 0. The Kier molecular flexibility index (Phi) is 5.06. The molecule has 7 nitrogen and oxygen atoms in total. The maximum atomic E-state index is 5.62. The van der Waals surface area contributed by atoms with E-state index in [1.165, 1.54) is 0 Å². The molecule has 0 bridgehead atoms. The summed E-state index contributed by atoms with van der Waals surface area (Å²) in [5, 5.41) is 3.93. The SMILES string of the molecule is COCc1nc(CN2CCOC(CCN)C2)no1. The van der Waals surface area contributed by atoms with Gasteiger partial charge in [0.15, 0.2) is 5.82 Å². The molecule has 1 unspecified atom stereocenters. The van der Waals surface area contributed by atoms with E-state index in [-0.39, 0.29) is 6.10 Å². The zero-order valence-electron chi connectivity index (χ0n) is 10.7. The van der Waals surface area contributed by atoms with E-state index in [1.807, 2.05) is 0 Å². The van der Waals surface area contributed by atoms with Gasteiger partial charge in [0.2, 0.25) is 0 Å². The lowest BCUT2D eigenvalue weighted by molar-refractivity contribution is -0.0344. The predicted octanol–water partition coefficient (Wildman–Crippen LogP) is -0.234. The van der Waals surface area contributed by atoms with E-state index < -0.39 is 0 Å². The molecule has 2 N–H and O–H groups in total. The lowest BCUT2D eigenvalue weighted by Crippen LogP contribution is -2.42. The van der Waals surface area contributed by atoms with Crippen LogP contribution < -0.4 is 5.73 Å². The average Bonchev–Trinajstić information content (AvgIpc) is 2.78. The number of hydrogen-bond donors (Lipinski definition) is 1. The first-order chi connectivity index (χ1) is 8.81. The molecule has 1 aromatic rings. The fourth-order valence-electron chi connectivity index (χ4n) is 2.02. The van der Waals surface area contributed by atoms with Gasteiger partial charge in [-0.2, -0.15) is 4.98 Å². The molecule has 1 aromatic heterocycles. The number of morpholine rings is 1. The minimum Gasteiger partial charge on any atom is -0.376 e. The predicted molar refractivity (Wildman–Crippen MR) is 63.7 cm³/mol. The van der Waals surface area contributed by atoms with Gasteiger partial charge >= 0.3 is 0 Å². The van der Waals surface area contributed by atoms with Crippen molar-refractivity contribution in [1.29, 1.82) is 0 Å². The fourth-order valence-corrected chi connectivity index (χ4v) is 2.02. The summed E-state index contributed by atoms with van der Waals surface area (Å²) in [6.07, 6.45) is 1.10. The molecule has 0 spiro atoms. The fraction of sp³-hybridized carbons (Fsp3) is 0.818. The van der Waals surface area contributed by atoms with Gasteiger partial charge in [0.05, 0.1) is 19.3 Å². The van der Waals surface area contributed by atoms with Crippen molar-refractivity contribution in [2.75, 3.05) is 33.4 Å². The Morgan fingerprint density at radius 2 is 2.44 bits per heavy atom. The summed E-state index contributed by atoms with van der Waals surface area (Å²) >= 11 is 0. The largest absolute Gasteiger partial charge is 0.376 e. The molecule has 7 heteroatoms. The summed E-state index contributed by atoms with van der Waals surface area (Å²) < 4.78 is 15.6. The minimum atomic E-state index is 0.217. The molecule has 0 aliphatic carbocycles. The molecule has 1 aliphatic rings. The topological polar surface area (TPSA) is 86.6 Å². The molecule has 18 heavy (non-hydrogen) atoms. The maximum absolute atomic E-state index is 5.62. The van der Waals surface area contributed by atoms with E-state index >= 15 is 0 Å². The van der Waals surface area contributed by atoms with Crippen LogP contribution in [-0.4, -0.2) is 54.5 Å². The minimum absolute atomic E-state index is 0.217. The van der Waals surface area contributed by atoms with Gasteiger partial charge in [0.1, 0.15) is 6.61 Å². The molecule has 1 fully saturated rings. The van der Waals surface area contributed by atoms with Crippen LogP contribution in [0.25, 0.3) is 0 Å². The van der Waals surface area contributed by atoms with Gasteiger partial charge in [0.25, 0.3) is 5.89 Å². The Morgan fingerprint density at radius 1 is 1.56 bits per heavy atom. The van der Waals surface area contributed by atoms with E-state index in [9.17, 15) is 0 Å². The Bertz CT molecular complexity index is 356. The number of hydrogen-bond acceptors (Lipinski definition) is 7. The van der Waals surface area contributed by atoms with Crippen molar-refractivity contribution >= 4 is 0 Å². The second kappa shape index (κ2) is 6.79. The first kappa shape index (κ1) is 13.4. The zero-order chi connectivity index (χ0) is 12.8. The van der Waals surface area contributed by atoms with E-state index in [1.54, 1.807) is 7.11 Å². The van der Waals surface area contributed by atoms with Crippen molar-refractivity contribution in [3.63, 3.8) is 0 Å². The molecule has 0 amide bonds. The smallest absolute Gasteiger partial charge is 0.252 e. The average molecular weight is 256 g/mol. The molecule has 1 saturated heterocycles. The van der Waals surface area contributed by atoms with E-state index in [0.717, 1.165) is 26.1 Å². The van der Waals surface area contributed by atoms with Gasteiger partial charge < -0.3 is 19.7 Å². The molecular formula is C11H20N4O3. The molecule has 0 radical (unpaired) electrons. The normalized spacial score (nSPS) is 21.3. The quantitative estimate of drug-likeness (QED) is 0.752. The molecule has 2 rings (SSSR count). The zero-order valence-corrected chi connectivity index (χ0v) is 10.7. The van der Waals surface area contributed by atoms with Crippen molar-refractivity contribution in [1.82, 2.24) is 15.0 Å². The highest BCUT2D eigenvalue weighted by molar-refractivity contribution is 4.86. The van der Waals surface area contributed by atoms with Gasteiger partial charge in [-0.1, -0.05) is 5.16 Å². The molecule has 102 valence electrons. The number of rotatable bonds is 6. The standard InChI is InChI=1S/C11H20N4O3/c1-16-8-11-13-10(14-18-11)7-15-4-5-17-9(6-15)2-3-12/h9H,2-8,12H2,1H3. The van der Waals surface area contributed by atoms with E-state index in [2.05, 4.69) is 15.0 Å². The Hall–Kier alpha value is -1.02. The van der Waals surface area contributed by atoms with Crippen LogP contribution in [0.15, 0.2) is 4.52 Å². The third-order valence-corrected chi connectivity index (χ3v) is 2.85. The van der Waals surface area contributed by atoms with Crippen molar-refractivity contribution in [2.45, 2.75) is 25.7 Å². The molecular weight excluding hydrogens is 236 g/mol. The van der Waals surface area contributed by atoms with Crippen LogP contribution >= 0.6 is 0 Å². The van der Waals surface area contributed by atoms with Gasteiger partial charge in [-0.15, -0.1) is 0 Å². The highest BCUT2D eigenvalue weighted by atomic mass is 16.5. The lowest BCUT2D eigenvalue weighted by atomic mass is 10.2. The summed E-state index contributed by atoms with van der Waals surface area (Å²) in [5.74, 6) is 1.20. The van der Waals surface area contributed by atoms with E-state index in [0.29, 0.717) is 31.4 Å². The maximum Gasteiger partial charge on any atom is 0.252 e. The Labute approximate surface area is 106 Å². The molecule has 0 aromatic carbocycles. The van der Waals surface area contributed by atoms with Gasteiger partial charge in [-0.25, -0.2) is 0 Å². The Morgan fingerprint density at radius 3 is 3.22 bits per heavy atom. The van der Waals surface area contributed by atoms with Crippen LogP contribution in [-0.2, 0) is 22.6 Å². The summed E-state index contributed by atoms with van der Waals surface area (Å²) in [5.41, 5.74) is 5.54. The number of nitrogens with zero attached hydrogens (tertiary/aromatic N) is 3. The van der Waals surface area contributed by atoms with Crippen LogP contribution in [0.3, 0.4) is 0 Å². The second-order valence-corrected chi connectivity index (χ2v) is 4.34. The lowest BCUT2D eigenvalue weighted by Gasteiger charge is -2.31. The number of ether oxygens (including phenoxy) is 2. The summed E-state index contributed by atoms with van der Waals surface area (Å²) in [6.45, 7) is 4.16. The highest BCUT2D eigenvalue weighted by Gasteiger charge is 2.21. The first-order valence-corrected chi connectivity index (χ1v) is 6.16. The van der Waals surface area contributed by atoms with Crippen LogP contribution in [0.5, 0.6) is 0 Å². The van der Waals surface area contributed by atoms with Crippen molar-refractivity contribution < 1.29 is 14.0 Å². The third kappa shape index (κ3) is 3.74. The van der Waals surface area contributed by atoms with Gasteiger partial charge in [-0.3, -0.25) is 4.90 Å². The Balaban J connectivity index is 1.84. The molecule has 2 heterocycles. The number of methoxy groups -OCH3 is 1. The van der Waals surface area contributed by atoms with Crippen LogP contribution in [0.4, 0.5) is 0 Å². The number of nitrogens with two attached hydrogens (primary N) is 1. The van der Waals surface area contributed by atoms with Crippen molar-refractivity contribution in [2.24, 2.45) is 5.73 Å². The van der Waals surface area contributed by atoms with Gasteiger partial charge in [-0.05, 0) is 13.0 Å². The first-order valence-electron chi connectivity index (χ1n) is 6.16. The molecule has 1 atom stereocenters. The van der Waals surface area contributed by atoms with E-state index in [4.69, 9.17) is 19.7 Å². The molecule has 1 aliphatic heterocycles. The van der Waals surface area contributed by atoms with Crippen LogP contribution in [0.2, 0.25) is 0 Å². The second-order valence-electron chi connectivity index (χ2n) is 4.34. The van der Waals surface area contributed by atoms with Crippen LogP contribution in [0, 0.1) is 0 Å². The highest BCUT2D eigenvalue weighted by Crippen LogP contribution is 2.11. The third-order valence-electron chi connectivity index (χ3n) is 2.85. The monoisotopic (exact) mass is 256 g/mol. The summed E-state index contributed by atoms with van der Waals surface area (Å²) in [4.78, 5) is 6.51. The van der Waals surface area contributed by atoms with Crippen molar-refractivity contribution in [3.8, 4) is 0 Å². The molecule has 0 saturated carbocycles. The summed E-state index contributed by atoms with van der Waals surface area (Å²) in [7, 11) is 1.60. The van der Waals surface area contributed by atoms with Gasteiger partial charge in [0, 0.05) is 20.2 Å².